The molecule has 0 atom stereocenters. The first-order chi connectivity index (χ1) is 10.7. The Bertz CT molecular complexity index is 418. The number of hydrogen-bond acceptors (Lipinski definition) is 4. The van der Waals surface area contributed by atoms with Crippen molar-refractivity contribution >= 4 is 11.8 Å². The Morgan fingerprint density at radius 3 is 2.55 bits per heavy atom. The molecule has 1 heterocycles. The van der Waals surface area contributed by atoms with E-state index in [1.54, 1.807) is 18.4 Å². The molecule has 0 saturated heterocycles. The van der Waals surface area contributed by atoms with Crippen LogP contribution in [0.5, 0.6) is 0 Å². The molecule has 0 aliphatic carbocycles. The van der Waals surface area contributed by atoms with E-state index in [4.69, 9.17) is 9.15 Å². The number of ether oxygens (including phenoxy) is 1. The second-order valence-electron chi connectivity index (χ2n) is 5.03. The van der Waals surface area contributed by atoms with Crippen LogP contribution in [0.4, 0.5) is 0 Å². The molecule has 6 nitrogen and oxygen atoms in total. The zero-order chi connectivity index (χ0) is 16.0. The van der Waals surface area contributed by atoms with Crippen molar-refractivity contribution in [3.05, 3.63) is 24.2 Å². The van der Waals surface area contributed by atoms with Crippen LogP contribution in [0.25, 0.3) is 0 Å². The summed E-state index contributed by atoms with van der Waals surface area (Å²) in [4.78, 5) is 23.1. The number of nitrogens with one attached hydrogen (secondary N) is 2. The minimum absolute atomic E-state index is 0.110. The average molecular weight is 310 g/mol. The highest BCUT2D eigenvalue weighted by Gasteiger charge is 2.07. The summed E-state index contributed by atoms with van der Waals surface area (Å²) in [6, 6.07) is 3.55. The molecule has 1 rings (SSSR count). The summed E-state index contributed by atoms with van der Waals surface area (Å²) < 4.78 is 10.5. The lowest BCUT2D eigenvalue weighted by Crippen LogP contribution is -2.28. The lowest BCUT2D eigenvalue weighted by atomic mass is 10.2. The fourth-order valence-corrected chi connectivity index (χ4v) is 1.75. The Balaban J connectivity index is 1.95. The van der Waals surface area contributed by atoms with E-state index in [1.807, 2.05) is 0 Å². The minimum atomic E-state index is -0.158. The van der Waals surface area contributed by atoms with Gasteiger partial charge < -0.3 is 19.8 Å². The van der Waals surface area contributed by atoms with Crippen LogP contribution in [0.15, 0.2) is 22.8 Å². The molecule has 6 heteroatoms. The molecule has 0 radical (unpaired) electrons. The van der Waals surface area contributed by atoms with Gasteiger partial charge in [0.05, 0.1) is 12.8 Å². The van der Waals surface area contributed by atoms with Gasteiger partial charge in [-0.1, -0.05) is 13.3 Å². The van der Waals surface area contributed by atoms with Crippen LogP contribution in [0, 0.1) is 0 Å². The number of carbonyl (C=O) groups excluding carboxylic acids is 2. The molecule has 22 heavy (non-hydrogen) atoms. The van der Waals surface area contributed by atoms with Crippen molar-refractivity contribution in [1.82, 2.24) is 10.6 Å². The van der Waals surface area contributed by atoms with Crippen LogP contribution >= 0.6 is 0 Å². The first-order valence-corrected chi connectivity index (χ1v) is 7.86. The molecule has 124 valence electrons. The van der Waals surface area contributed by atoms with Crippen LogP contribution < -0.4 is 10.6 Å². The van der Waals surface area contributed by atoms with Gasteiger partial charge in [-0.15, -0.1) is 0 Å². The summed E-state index contributed by atoms with van der Waals surface area (Å²) in [5.74, 6) is 0.428. The van der Waals surface area contributed by atoms with Crippen molar-refractivity contribution in [3.8, 4) is 0 Å². The lowest BCUT2D eigenvalue weighted by Gasteiger charge is -2.06. The molecule has 1 aromatic heterocycles. The lowest BCUT2D eigenvalue weighted by molar-refractivity contribution is -0.126. The number of unbranched alkanes of at least 4 members (excludes halogenated alkanes) is 1. The van der Waals surface area contributed by atoms with Crippen LogP contribution in [0.2, 0.25) is 0 Å². The fourth-order valence-electron chi connectivity index (χ4n) is 1.75. The normalized spacial score (nSPS) is 10.4. The first kappa shape index (κ1) is 18.2. The Kier molecular flexibility index (Phi) is 9.78. The van der Waals surface area contributed by atoms with Gasteiger partial charge in [0.15, 0.2) is 0 Å². The predicted molar refractivity (Wildman–Crippen MR) is 83.1 cm³/mol. The highest BCUT2D eigenvalue weighted by molar-refractivity contribution is 5.83. The number of hydrogen-bond donors (Lipinski definition) is 2. The molecule has 0 aliphatic rings. The number of rotatable bonds is 12. The Hall–Kier alpha value is -1.82. The van der Waals surface area contributed by atoms with Crippen molar-refractivity contribution < 1.29 is 18.7 Å². The van der Waals surface area contributed by atoms with E-state index in [2.05, 4.69) is 17.6 Å². The van der Waals surface area contributed by atoms with Crippen molar-refractivity contribution in [2.75, 3.05) is 19.8 Å². The molecular weight excluding hydrogens is 284 g/mol. The van der Waals surface area contributed by atoms with Gasteiger partial charge >= 0.3 is 0 Å². The largest absolute Gasteiger partial charge is 0.467 e. The SMILES string of the molecule is CCCCOCCCNC(=O)CCC(=O)NCc1ccco1. The van der Waals surface area contributed by atoms with Gasteiger partial charge in [-0.05, 0) is 25.0 Å². The maximum absolute atomic E-state index is 11.6. The smallest absolute Gasteiger partial charge is 0.220 e. The highest BCUT2D eigenvalue weighted by Crippen LogP contribution is 1.99. The standard InChI is InChI=1S/C16H26N2O4/c1-2-3-10-21-11-5-9-17-15(19)7-8-16(20)18-13-14-6-4-12-22-14/h4,6,12H,2-3,5,7-11,13H2,1H3,(H,17,19)(H,18,20). The van der Waals surface area contributed by atoms with E-state index in [-0.39, 0.29) is 24.7 Å². The molecule has 0 aliphatic heterocycles. The summed E-state index contributed by atoms with van der Waals surface area (Å²) in [5, 5.41) is 5.48. The maximum atomic E-state index is 11.6. The molecule has 2 N–H and O–H groups in total. The Morgan fingerprint density at radius 1 is 1.14 bits per heavy atom. The Morgan fingerprint density at radius 2 is 1.86 bits per heavy atom. The monoisotopic (exact) mass is 310 g/mol. The summed E-state index contributed by atoms with van der Waals surface area (Å²) >= 11 is 0. The average Bonchev–Trinajstić information content (AvgIpc) is 3.03. The molecule has 0 saturated carbocycles. The van der Waals surface area contributed by atoms with Gasteiger partial charge in [-0.2, -0.15) is 0 Å². The van der Waals surface area contributed by atoms with E-state index < -0.39 is 0 Å². The van der Waals surface area contributed by atoms with E-state index in [1.165, 1.54) is 0 Å². The van der Waals surface area contributed by atoms with Crippen LogP contribution in [0.1, 0.15) is 44.8 Å². The van der Waals surface area contributed by atoms with Crippen molar-refractivity contribution in [3.63, 3.8) is 0 Å². The van der Waals surface area contributed by atoms with Gasteiger partial charge in [-0.25, -0.2) is 0 Å². The quantitative estimate of drug-likeness (QED) is 0.579. The van der Waals surface area contributed by atoms with E-state index >= 15 is 0 Å². The van der Waals surface area contributed by atoms with Gasteiger partial charge in [0.25, 0.3) is 0 Å². The summed E-state index contributed by atoms with van der Waals surface area (Å²) in [6.07, 6.45) is 4.92. The van der Waals surface area contributed by atoms with Gasteiger partial charge in [0.2, 0.25) is 11.8 Å². The highest BCUT2D eigenvalue weighted by atomic mass is 16.5. The molecule has 0 unspecified atom stereocenters. The van der Waals surface area contributed by atoms with Crippen molar-refractivity contribution in [2.45, 2.75) is 45.6 Å². The molecule has 2 amide bonds. The second kappa shape index (κ2) is 11.8. The fraction of sp³-hybridized carbons (Fsp3) is 0.625. The van der Waals surface area contributed by atoms with Crippen molar-refractivity contribution in [2.24, 2.45) is 0 Å². The third-order valence-electron chi connectivity index (χ3n) is 3.05. The molecular formula is C16H26N2O4. The van der Waals surface area contributed by atoms with E-state index in [9.17, 15) is 9.59 Å². The molecule has 0 aromatic carbocycles. The van der Waals surface area contributed by atoms with Crippen molar-refractivity contribution in [1.29, 1.82) is 0 Å². The van der Waals surface area contributed by atoms with Gasteiger partial charge in [0, 0.05) is 32.6 Å². The number of amides is 2. The third kappa shape index (κ3) is 9.18. The van der Waals surface area contributed by atoms with Crippen LogP contribution in [-0.4, -0.2) is 31.6 Å². The van der Waals surface area contributed by atoms with Gasteiger partial charge in [0.1, 0.15) is 5.76 Å². The van der Waals surface area contributed by atoms with Crippen LogP contribution in [0.3, 0.4) is 0 Å². The van der Waals surface area contributed by atoms with E-state index in [0.717, 1.165) is 25.9 Å². The Labute approximate surface area is 131 Å². The zero-order valence-electron chi connectivity index (χ0n) is 13.2. The molecule has 0 fully saturated rings. The molecule has 1 aromatic rings. The van der Waals surface area contributed by atoms with Gasteiger partial charge in [-0.3, -0.25) is 9.59 Å². The third-order valence-corrected chi connectivity index (χ3v) is 3.05. The molecule has 0 bridgehead atoms. The minimum Gasteiger partial charge on any atom is -0.467 e. The summed E-state index contributed by atoms with van der Waals surface area (Å²) in [7, 11) is 0. The second-order valence-corrected chi connectivity index (χ2v) is 5.03. The molecule has 0 spiro atoms. The summed E-state index contributed by atoms with van der Waals surface area (Å²) in [6.45, 7) is 4.49. The number of furan rings is 1. The predicted octanol–water partition coefficient (Wildman–Crippen LogP) is 2.00. The summed E-state index contributed by atoms with van der Waals surface area (Å²) in [5.41, 5.74) is 0. The number of carbonyl (C=O) groups is 2. The zero-order valence-corrected chi connectivity index (χ0v) is 13.2. The van der Waals surface area contributed by atoms with E-state index in [0.29, 0.717) is 25.5 Å². The topological polar surface area (TPSA) is 80.6 Å². The first-order valence-electron chi connectivity index (χ1n) is 7.86. The van der Waals surface area contributed by atoms with Crippen LogP contribution in [-0.2, 0) is 20.9 Å². The maximum Gasteiger partial charge on any atom is 0.220 e.